The summed E-state index contributed by atoms with van der Waals surface area (Å²) in [5.41, 5.74) is 2.03. The quantitative estimate of drug-likeness (QED) is 0.941. The third-order valence-electron chi connectivity index (χ3n) is 2.53. The lowest BCUT2D eigenvalue weighted by Crippen LogP contribution is -2.05. The van der Waals surface area contributed by atoms with E-state index in [9.17, 15) is 0 Å². The molecule has 0 aliphatic heterocycles. The second-order valence-electron chi connectivity index (χ2n) is 3.74. The lowest BCUT2D eigenvalue weighted by molar-refractivity contribution is 0.551. The number of aryl methyl sites for hydroxylation is 1. The van der Waals surface area contributed by atoms with E-state index in [2.05, 4.69) is 31.2 Å². The van der Waals surface area contributed by atoms with Gasteiger partial charge in [-0.25, -0.2) is 9.97 Å². The number of anilines is 1. The monoisotopic (exact) mass is 295 g/mol. The zero-order valence-electron chi connectivity index (χ0n) is 10.0. The molecule has 17 heavy (non-hydrogen) atoms. The molecule has 0 spiro atoms. The van der Waals surface area contributed by atoms with Gasteiger partial charge in [0.2, 0.25) is 0 Å². The fourth-order valence-corrected chi connectivity index (χ4v) is 1.82. The second-order valence-corrected chi connectivity index (χ2v) is 4.52. The van der Waals surface area contributed by atoms with E-state index in [0.717, 1.165) is 23.6 Å². The van der Waals surface area contributed by atoms with E-state index in [1.807, 2.05) is 32.9 Å². The second kappa shape index (κ2) is 4.87. The summed E-state index contributed by atoms with van der Waals surface area (Å²) in [6.07, 6.45) is 0. The molecular weight excluding hydrogens is 282 g/mol. The highest BCUT2D eigenvalue weighted by Gasteiger charge is 2.11. The Morgan fingerprint density at radius 2 is 2.06 bits per heavy atom. The molecule has 0 aliphatic rings. The first-order chi connectivity index (χ1) is 8.11. The number of hydrogen-bond donors (Lipinski definition) is 1. The molecule has 2 aromatic heterocycles. The van der Waals surface area contributed by atoms with Crippen LogP contribution >= 0.6 is 15.9 Å². The first kappa shape index (κ1) is 12.1. The van der Waals surface area contributed by atoms with Gasteiger partial charge < -0.3 is 9.73 Å². The van der Waals surface area contributed by atoms with E-state index in [0.29, 0.717) is 16.3 Å². The fraction of sp³-hybridized carbons (Fsp3) is 0.333. The smallest absolute Gasteiger partial charge is 0.197 e. The van der Waals surface area contributed by atoms with Crippen LogP contribution in [-0.4, -0.2) is 16.5 Å². The van der Waals surface area contributed by atoms with Gasteiger partial charge in [0, 0.05) is 17.8 Å². The van der Waals surface area contributed by atoms with Gasteiger partial charge in [0.15, 0.2) is 16.3 Å². The van der Waals surface area contributed by atoms with Crippen LogP contribution in [0.1, 0.15) is 18.2 Å². The van der Waals surface area contributed by atoms with Crippen molar-refractivity contribution >= 4 is 21.7 Å². The first-order valence-corrected chi connectivity index (χ1v) is 6.26. The summed E-state index contributed by atoms with van der Waals surface area (Å²) in [7, 11) is 0. The van der Waals surface area contributed by atoms with Crippen molar-refractivity contribution in [1.29, 1.82) is 0 Å². The van der Waals surface area contributed by atoms with E-state index >= 15 is 0 Å². The minimum atomic E-state index is 0.606. The lowest BCUT2D eigenvalue weighted by atomic mass is 10.2. The van der Waals surface area contributed by atoms with Crippen LogP contribution in [0.3, 0.4) is 0 Å². The molecule has 2 rings (SSSR count). The molecule has 0 bridgehead atoms. The maximum absolute atomic E-state index is 5.46. The first-order valence-electron chi connectivity index (χ1n) is 5.46. The lowest BCUT2D eigenvalue weighted by Gasteiger charge is -2.09. The Morgan fingerprint density at radius 1 is 1.29 bits per heavy atom. The fourth-order valence-electron chi connectivity index (χ4n) is 1.51. The molecule has 0 fully saturated rings. The largest absolute Gasteiger partial charge is 0.446 e. The molecule has 0 amide bonds. The topological polar surface area (TPSA) is 51.0 Å². The van der Waals surface area contributed by atoms with Crippen LogP contribution in [0.2, 0.25) is 0 Å². The summed E-state index contributed by atoms with van der Waals surface area (Å²) in [6.45, 7) is 6.85. The van der Waals surface area contributed by atoms with Crippen LogP contribution in [0.4, 0.5) is 5.82 Å². The average Bonchev–Trinajstić information content (AvgIpc) is 2.71. The molecule has 2 heterocycles. The van der Waals surface area contributed by atoms with Crippen LogP contribution in [0.5, 0.6) is 0 Å². The molecule has 0 aliphatic carbocycles. The Bertz CT molecular complexity index is 537. The summed E-state index contributed by atoms with van der Waals surface area (Å²) >= 11 is 3.27. The Labute approximate surface area is 109 Å². The molecule has 1 N–H and O–H groups in total. The molecule has 90 valence electrons. The van der Waals surface area contributed by atoms with E-state index in [-0.39, 0.29) is 0 Å². The van der Waals surface area contributed by atoms with Crippen LogP contribution < -0.4 is 5.32 Å². The molecule has 0 saturated heterocycles. The Balaban J connectivity index is 2.48. The van der Waals surface area contributed by atoms with Gasteiger partial charge in [0.05, 0.1) is 0 Å². The van der Waals surface area contributed by atoms with Crippen molar-refractivity contribution in [2.24, 2.45) is 0 Å². The summed E-state index contributed by atoms with van der Waals surface area (Å²) in [6, 6.07) is 3.69. The number of furan rings is 1. The van der Waals surface area contributed by atoms with Gasteiger partial charge in [0.25, 0.3) is 0 Å². The van der Waals surface area contributed by atoms with Gasteiger partial charge in [-0.05, 0) is 48.8 Å². The number of aromatic nitrogens is 2. The molecule has 2 aromatic rings. The Kier molecular flexibility index (Phi) is 3.47. The molecular formula is C12H14BrN3O. The SMILES string of the molecule is CCNc1nc(-c2ccc(Br)o2)nc(C)c1C. The van der Waals surface area contributed by atoms with E-state index < -0.39 is 0 Å². The normalized spacial score (nSPS) is 10.6. The standard InChI is InChI=1S/C12H14BrN3O/c1-4-14-11-7(2)8(3)15-12(16-11)9-5-6-10(13)17-9/h5-6H,4H2,1-3H3,(H,14,15,16). The summed E-state index contributed by atoms with van der Waals surface area (Å²) in [4.78, 5) is 8.90. The molecule has 0 aromatic carbocycles. The minimum absolute atomic E-state index is 0.606. The van der Waals surface area contributed by atoms with Gasteiger partial charge in [-0.3, -0.25) is 0 Å². The summed E-state index contributed by atoms with van der Waals surface area (Å²) in [5.74, 6) is 2.14. The zero-order chi connectivity index (χ0) is 12.4. The van der Waals surface area contributed by atoms with Crippen molar-refractivity contribution in [2.75, 3.05) is 11.9 Å². The summed E-state index contributed by atoms with van der Waals surface area (Å²) < 4.78 is 6.14. The Morgan fingerprint density at radius 3 is 2.65 bits per heavy atom. The highest BCUT2D eigenvalue weighted by Crippen LogP contribution is 2.25. The Hall–Kier alpha value is -1.36. The van der Waals surface area contributed by atoms with E-state index in [1.54, 1.807) is 0 Å². The molecule has 0 atom stereocenters. The van der Waals surface area contributed by atoms with Crippen molar-refractivity contribution in [2.45, 2.75) is 20.8 Å². The zero-order valence-corrected chi connectivity index (χ0v) is 11.6. The van der Waals surface area contributed by atoms with Crippen LogP contribution in [0.25, 0.3) is 11.6 Å². The molecule has 4 nitrogen and oxygen atoms in total. The number of nitrogens with one attached hydrogen (secondary N) is 1. The van der Waals surface area contributed by atoms with Crippen LogP contribution in [-0.2, 0) is 0 Å². The number of rotatable bonds is 3. The predicted molar refractivity (Wildman–Crippen MR) is 71.1 cm³/mol. The maximum atomic E-state index is 5.46. The minimum Gasteiger partial charge on any atom is -0.446 e. The molecule has 0 saturated carbocycles. The van der Waals surface area contributed by atoms with Crippen LogP contribution in [0.15, 0.2) is 21.2 Å². The number of hydrogen-bond acceptors (Lipinski definition) is 4. The predicted octanol–water partition coefficient (Wildman–Crippen LogP) is 3.55. The van der Waals surface area contributed by atoms with Crippen molar-refractivity contribution in [3.8, 4) is 11.6 Å². The third kappa shape index (κ3) is 2.49. The average molecular weight is 296 g/mol. The van der Waals surface area contributed by atoms with Crippen LogP contribution in [0, 0.1) is 13.8 Å². The van der Waals surface area contributed by atoms with Gasteiger partial charge >= 0.3 is 0 Å². The van der Waals surface area contributed by atoms with Crippen molar-refractivity contribution in [1.82, 2.24) is 9.97 Å². The van der Waals surface area contributed by atoms with E-state index in [4.69, 9.17) is 4.42 Å². The maximum Gasteiger partial charge on any atom is 0.197 e. The highest BCUT2D eigenvalue weighted by molar-refractivity contribution is 9.10. The van der Waals surface area contributed by atoms with Gasteiger partial charge in [-0.2, -0.15) is 0 Å². The van der Waals surface area contributed by atoms with Crippen molar-refractivity contribution in [3.05, 3.63) is 28.1 Å². The van der Waals surface area contributed by atoms with Crippen molar-refractivity contribution < 1.29 is 4.42 Å². The van der Waals surface area contributed by atoms with Crippen molar-refractivity contribution in [3.63, 3.8) is 0 Å². The third-order valence-corrected chi connectivity index (χ3v) is 2.95. The number of halogens is 1. The number of nitrogens with zero attached hydrogens (tertiary/aromatic N) is 2. The highest BCUT2D eigenvalue weighted by atomic mass is 79.9. The molecule has 0 radical (unpaired) electrons. The van der Waals surface area contributed by atoms with Gasteiger partial charge in [0.1, 0.15) is 5.82 Å². The molecule has 5 heteroatoms. The van der Waals surface area contributed by atoms with Gasteiger partial charge in [-0.15, -0.1) is 0 Å². The summed E-state index contributed by atoms with van der Waals surface area (Å²) in [5, 5.41) is 3.23. The molecule has 0 unspecified atom stereocenters. The van der Waals surface area contributed by atoms with Gasteiger partial charge in [-0.1, -0.05) is 0 Å². The van der Waals surface area contributed by atoms with E-state index in [1.165, 1.54) is 0 Å².